The van der Waals surface area contributed by atoms with Gasteiger partial charge < -0.3 is 4.90 Å². The largest absolute Gasteiger partial charge is 0.378 e. The highest BCUT2D eigenvalue weighted by molar-refractivity contribution is 8.21. The van der Waals surface area contributed by atoms with Gasteiger partial charge in [-0.1, -0.05) is 0 Å². The van der Waals surface area contributed by atoms with Gasteiger partial charge >= 0.3 is 0 Å². The second-order valence-corrected chi connectivity index (χ2v) is 3.64. The highest BCUT2D eigenvalue weighted by Gasteiger charge is 2.03. The van der Waals surface area contributed by atoms with Crippen LogP contribution in [-0.2, 0) is 0 Å². The van der Waals surface area contributed by atoms with Gasteiger partial charge in [0.05, 0.1) is 4.90 Å². The minimum absolute atomic E-state index is 0.277. The fourth-order valence-electron chi connectivity index (χ4n) is 0.830. The maximum Gasteiger partial charge on any atom is 0.140 e. The van der Waals surface area contributed by atoms with E-state index >= 15 is 0 Å². The van der Waals surface area contributed by atoms with Gasteiger partial charge in [0, 0.05) is 19.8 Å². The number of benzene rings is 1. The molecule has 12 heavy (non-hydrogen) atoms. The minimum Gasteiger partial charge on any atom is -0.378 e. The average molecular weight is 206 g/mol. The molecule has 1 aromatic carbocycles. The third kappa shape index (κ3) is 2.05. The Balaban J connectivity index is 3.02. The highest BCUT2D eigenvalue weighted by Crippen LogP contribution is 2.27. The number of hydrogen-bond acceptors (Lipinski definition) is 2. The fraction of sp³-hybridized carbons (Fsp3) is 0.250. The Labute approximate surface area is 80.0 Å². The topological polar surface area (TPSA) is 3.24 Å². The summed E-state index contributed by atoms with van der Waals surface area (Å²) in [5.41, 5.74) is 0.835. The fourth-order valence-corrected chi connectivity index (χ4v) is 1.46. The molecule has 0 unspecified atom stereocenters. The molecule has 0 spiro atoms. The zero-order chi connectivity index (χ0) is 9.14. The van der Waals surface area contributed by atoms with Crippen LogP contribution in [0, 0.1) is 5.82 Å². The molecule has 0 aliphatic carbocycles. The van der Waals surface area contributed by atoms with Crippen molar-refractivity contribution in [1.82, 2.24) is 0 Å². The monoisotopic (exact) mass is 205 g/mol. The van der Waals surface area contributed by atoms with E-state index in [0.29, 0.717) is 4.90 Å². The van der Waals surface area contributed by atoms with Crippen molar-refractivity contribution in [3.8, 4) is 0 Å². The van der Waals surface area contributed by atoms with Crippen molar-refractivity contribution in [3.63, 3.8) is 0 Å². The maximum absolute atomic E-state index is 13.1. The van der Waals surface area contributed by atoms with Gasteiger partial charge in [-0.15, -0.1) is 0 Å². The lowest BCUT2D eigenvalue weighted by Gasteiger charge is -2.12. The van der Waals surface area contributed by atoms with Gasteiger partial charge in [-0.25, -0.2) is 4.39 Å². The Morgan fingerprint density at radius 1 is 1.42 bits per heavy atom. The van der Waals surface area contributed by atoms with Crippen LogP contribution in [0.4, 0.5) is 10.1 Å². The van der Waals surface area contributed by atoms with Crippen LogP contribution in [-0.4, -0.2) is 14.1 Å². The third-order valence-electron chi connectivity index (χ3n) is 1.51. The molecule has 0 fully saturated rings. The third-order valence-corrected chi connectivity index (χ3v) is 2.51. The number of halogens is 2. The summed E-state index contributed by atoms with van der Waals surface area (Å²) >= 11 is 0. The molecule has 66 valence electrons. The molecule has 0 atom stereocenters. The van der Waals surface area contributed by atoms with Crippen molar-refractivity contribution in [2.45, 2.75) is 4.90 Å². The summed E-state index contributed by atoms with van der Waals surface area (Å²) in [4.78, 5) is 2.30. The predicted octanol–water partition coefficient (Wildman–Crippen LogP) is 3.14. The molecule has 0 aliphatic rings. The smallest absolute Gasteiger partial charge is 0.140 e. The standard InChI is InChI=1S/C8H9ClFNS/c1-11(2)6-3-4-8(12-9)7(10)5-6/h3-5H,1-2H3. The van der Waals surface area contributed by atoms with E-state index in [2.05, 4.69) is 0 Å². The summed E-state index contributed by atoms with van der Waals surface area (Å²) in [5.74, 6) is -0.277. The van der Waals surface area contributed by atoms with Crippen molar-refractivity contribution in [2.75, 3.05) is 19.0 Å². The Bertz CT molecular complexity index is 278. The molecule has 0 amide bonds. The van der Waals surface area contributed by atoms with Crippen LogP contribution in [0.5, 0.6) is 0 Å². The van der Waals surface area contributed by atoms with E-state index < -0.39 is 0 Å². The summed E-state index contributed by atoms with van der Waals surface area (Å²) in [5, 5.41) is 0. The number of anilines is 1. The van der Waals surface area contributed by atoms with Crippen molar-refractivity contribution < 1.29 is 4.39 Å². The lowest BCUT2D eigenvalue weighted by molar-refractivity contribution is 0.602. The van der Waals surface area contributed by atoms with Gasteiger partial charge in [0.15, 0.2) is 0 Å². The highest BCUT2D eigenvalue weighted by atomic mass is 35.7. The van der Waals surface area contributed by atoms with E-state index in [4.69, 9.17) is 10.7 Å². The Morgan fingerprint density at radius 3 is 2.50 bits per heavy atom. The van der Waals surface area contributed by atoms with E-state index in [9.17, 15) is 4.39 Å². The van der Waals surface area contributed by atoms with Gasteiger partial charge in [-0.2, -0.15) is 0 Å². The van der Waals surface area contributed by atoms with E-state index in [1.165, 1.54) is 6.07 Å². The molecular formula is C8H9ClFNS. The maximum atomic E-state index is 13.1. The normalized spacial score (nSPS) is 10.0. The van der Waals surface area contributed by atoms with E-state index in [1.54, 1.807) is 6.07 Å². The first-order valence-electron chi connectivity index (χ1n) is 3.40. The molecule has 4 heteroatoms. The summed E-state index contributed by atoms with van der Waals surface area (Å²) in [6, 6.07) is 4.96. The van der Waals surface area contributed by atoms with E-state index in [0.717, 1.165) is 16.7 Å². The SMILES string of the molecule is CN(C)c1ccc(SCl)c(F)c1. The number of rotatable bonds is 2. The molecule has 0 aromatic heterocycles. The Hall–Kier alpha value is -0.410. The summed E-state index contributed by atoms with van der Waals surface area (Å²) in [6.45, 7) is 0. The van der Waals surface area contributed by atoms with Gasteiger partial charge in [0.2, 0.25) is 0 Å². The zero-order valence-corrected chi connectivity index (χ0v) is 8.42. The van der Waals surface area contributed by atoms with Crippen LogP contribution in [0.15, 0.2) is 23.1 Å². The molecule has 1 rings (SSSR count). The second-order valence-electron chi connectivity index (χ2n) is 2.59. The van der Waals surface area contributed by atoms with Crippen LogP contribution in [0.1, 0.15) is 0 Å². The molecule has 0 bridgehead atoms. The van der Waals surface area contributed by atoms with Gasteiger partial charge in [-0.3, -0.25) is 0 Å². The predicted molar refractivity (Wildman–Crippen MR) is 52.4 cm³/mol. The molecule has 0 radical (unpaired) electrons. The van der Waals surface area contributed by atoms with Crippen molar-refractivity contribution >= 4 is 27.3 Å². The summed E-state index contributed by atoms with van der Waals surface area (Å²) < 4.78 is 13.1. The summed E-state index contributed by atoms with van der Waals surface area (Å²) in [6.07, 6.45) is 0. The zero-order valence-electron chi connectivity index (χ0n) is 6.84. The first-order valence-corrected chi connectivity index (χ1v) is 5.05. The molecule has 0 aliphatic heterocycles. The quantitative estimate of drug-likeness (QED) is 0.730. The van der Waals surface area contributed by atoms with Crippen LogP contribution in [0.25, 0.3) is 0 Å². The second kappa shape index (κ2) is 4.01. The number of hydrogen-bond donors (Lipinski definition) is 0. The van der Waals surface area contributed by atoms with Crippen LogP contribution >= 0.6 is 21.7 Å². The Kier molecular flexibility index (Phi) is 3.23. The molecular weight excluding hydrogens is 197 g/mol. The molecule has 1 nitrogen and oxygen atoms in total. The first-order chi connectivity index (χ1) is 5.65. The van der Waals surface area contributed by atoms with Gasteiger partial charge in [0.25, 0.3) is 0 Å². The lowest BCUT2D eigenvalue weighted by atomic mass is 10.3. The minimum atomic E-state index is -0.277. The lowest BCUT2D eigenvalue weighted by Crippen LogP contribution is -2.08. The van der Waals surface area contributed by atoms with Crippen molar-refractivity contribution in [1.29, 1.82) is 0 Å². The van der Waals surface area contributed by atoms with Gasteiger partial charge in [0.1, 0.15) is 5.82 Å². The summed E-state index contributed by atoms with van der Waals surface area (Å²) in [7, 11) is 10.0. The Morgan fingerprint density at radius 2 is 2.08 bits per heavy atom. The molecule has 0 N–H and O–H groups in total. The van der Waals surface area contributed by atoms with E-state index in [1.807, 2.05) is 25.1 Å². The van der Waals surface area contributed by atoms with Crippen LogP contribution < -0.4 is 4.90 Å². The van der Waals surface area contributed by atoms with Crippen molar-refractivity contribution in [2.24, 2.45) is 0 Å². The van der Waals surface area contributed by atoms with E-state index in [-0.39, 0.29) is 5.82 Å². The first kappa shape index (κ1) is 9.68. The van der Waals surface area contributed by atoms with Crippen molar-refractivity contribution in [3.05, 3.63) is 24.0 Å². The number of nitrogens with zero attached hydrogens (tertiary/aromatic N) is 1. The average Bonchev–Trinajstić information content (AvgIpc) is 2.04. The van der Waals surface area contributed by atoms with Crippen LogP contribution in [0.3, 0.4) is 0 Å². The molecule has 0 saturated heterocycles. The molecule has 0 saturated carbocycles. The molecule has 1 aromatic rings. The van der Waals surface area contributed by atoms with Gasteiger partial charge in [-0.05, 0) is 39.9 Å². The molecule has 0 heterocycles. The van der Waals surface area contributed by atoms with Crippen LogP contribution in [0.2, 0.25) is 0 Å².